The van der Waals surface area contributed by atoms with E-state index in [9.17, 15) is 22.8 Å². The summed E-state index contributed by atoms with van der Waals surface area (Å²) in [5.74, 6) is -2.14. The first-order valence-corrected chi connectivity index (χ1v) is 6.11. The van der Waals surface area contributed by atoms with Crippen LogP contribution in [0.5, 0.6) is 0 Å². The first kappa shape index (κ1) is 17.1. The average molecular weight is 325 g/mol. The molecule has 21 heavy (non-hydrogen) atoms. The fraction of sp³-hybridized carbons (Fsp3) is 0.333. The summed E-state index contributed by atoms with van der Waals surface area (Å²) < 4.78 is 36.0. The van der Waals surface area contributed by atoms with Gasteiger partial charge in [0.25, 0.3) is 0 Å². The van der Waals surface area contributed by atoms with Crippen molar-refractivity contribution >= 4 is 29.2 Å². The van der Waals surface area contributed by atoms with Gasteiger partial charge in [0.05, 0.1) is 6.54 Å². The summed E-state index contributed by atoms with van der Waals surface area (Å²) in [4.78, 5) is 23.3. The molecule has 0 spiro atoms. The SMILES string of the molecule is O=C(O)CN(CC(=O)NCC(F)(F)F)c1ccc(Cl)cc1. The van der Waals surface area contributed by atoms with E-state index in [0.717, 1.165) is 4.90 Å². The highest BCUT2D eigenvalue weighted by Gasteiger charge is 2.28. The number of rotatable bonds is 6. The van der Waals surface area contributed by atoms with E-state index in [2.05, 4.69) is 0 Å². The molecule has 0 bridgehead atoms. The molecule has 0 aliphatic heterocycles. The number of carboxylic acids is 1. The lowest BCUT2D eigenvalue weighted by molar-refractivity contribution is -0.138. The van der Waals surface area contributed by atoms with Gasteiger partial charge in [0, 0.05) is 10.7 Å². The molecular formula is C12H12ClF3N2O3. The van der Waals surface area contributed by atoms with Gasteiger partial charge in [-0.1, -0.05) is 11.6 Å². The van der Waals surface area contributed by atoms with Crippen molar-refractivity contribution in [2.45, 2.75) is 6.18 Å². The standard InChI is InChI=1S/C12H12ClF3N2O3/c13-8-1-3-9(4-2-8)18(6-11(20)21)5-10(19)17-7-12(14,15)16/h1-4H,5-7H2,(H,17,19)(H,20,21). The van der Waals surface area contributed by atoms with Crippen LogP contribution in [0.4, 0.5) is 18.9 Å². The molecule has 0 saturated carbocycles. The number of aliphatic carboxylic acids is 1. The molecule has 0 atom stereocenters. The van der Waals surface area contributed by atoms with Crippen LogP contribution in [0.25, 0.3) is 0 Å². The summed E-state index contributed by atoms with van der Waals surface area (Å²) in [7, 11) is 0. The van der Waals surface area contributed by atoms with Gasteiger partial charge in [0.2, 0.25) is 5.91 Å². The van der Waals surface area contributed by atoms with Gasteiger partial charge in [0.1, 0.15) is 13.1 Å². The number of carboxylic acid groups (broad SMARTS) is 1. The van der Waals surface area contributed by atoms with E-state index in [0.29, 0.717) is 10.7 Å². The van der Waals surface area contributed by atoms with Gasteiger partial charge in [-0.2, -0.15) is 13.2 Å². The molecule has 5 nitrogen and oxygen atoms in total. The zero-order chi connectivity index (χ0) is 16.0. The van der Waals surface area contributed by atoms with Crippen LogP contribution in [0.3, 0.4) is 0 Å². The van der Waals surface area contributed by atoms with Crippen molar-refractivity contribution in [1.82, 2.24) is 5.32 Å². The molecule has 1 rings (SSSR count). The molecule has 1 aromatic carbocycles. The first-order chi connectivity index (χ1) is 9.67. The molecule has 0 aliphatic rings. The summed E-state index contributed by atoms with van der Waals surface area (Å²) >= 11 is 5.69. The lowest BCUT2D eigenvalue weighted by Crippen LogP contribution is -2.42. The van der Waals surface area contributed by atoms with Crippen molar-refractivity contribution in [2.75, 3.05) is 24.5 Å². The van der Waals surface area contributed by atoms with Gasteiger partial charge in [-0.25, -0.2) is 0 Å². The van der Waals surface area contributed by atoms with Crippen LogP contribution in [-0.4, -0.2) is 42.8 Å². The maximum atomic E-state index is 12.0. The summed E-state index contributed by atoms with van der Waals surface area (Å²) in [6.07, 6.45) is -4.52. The van der Waals surface area contributed by atoms with E-state index in [4.69, 9.17) is 16.7 Å². The summed E-state index contributed by atoms with van der Waals surface area (Å²) in [5, 5.41) is 10.9. The summed E-state index contributed by atoms with van der Waals surface area (Å²) in [5.41, 5.74) is 0.365. The number of halogens is 4. The number of nitrogens with zero attached hydrogens (tertiary/aromatic N) is 1. The van der Waals surface area contributed by atoms with Gasteiger partial charge in [0.15, 0.2) is 0 Å². The minimum atomic E-state index is -4.52. The van der Waals surface area contributed by atoms with E-state index in [-0.39, 0.29) is 0 Å². The van der Waals surface area contributed by atoms with E-state index < -0.39 is 37.7 Å². The summed E-state index contributed by atoms with van der Waals surface area (Å²) in [6, 6.07) is 5.92. The summed E-state index contributed by atoms with van der Waals surface area (Å²) in [6.45, 7) is -2.50. The maximum absolute atomic E-state index is 12.0. The lowest BCUT2D eigenvalue weighted by Gasteiger charge is -2.22. The number of nitrogens with one attached hydrogen (secondary N) is 1. The van der Waals surface area contributed by atoms with Crippen molar-refractivity contribution in [3.63, 3.8) is 0 Å². The van der Waals surface area contributed by atoms with Gasteiger partial charge < -0.3 is 15.3 Å². The minimum absolute atomic E-state index is 0.365. The number of hydrogen-bond acceptors (Lipinski definition) is 3. The number of carbonyl (C=O) groups is 2. The molecule has 9 heteroatoms. The monoisotopic (exact) mass is 324 g/mol. The fourth-order valence-electron chi connectivity index (χ4n) is 1.48. The molecule has 1 aromatic rings. The third-order valence-corrected chi connectivity index (χ3v) is 2.59. The smallest absolute Gasteiger partial charge is 0.405 e. The fourth-order valence-corrected chi connectivity index (χ4v) is 1.61. The van der Waals surface area contributed by atoms with Crippen LogP contribution < -0.4 is 10.2 Å². The second kappa shape index (κ2) is 7.16. The van der Waals surface area contributed by atoms with Crippen LogP contribution in [0, 0.1) is 0 Å². The van der Waals surface area contributed by atoms with Crippen LogP contribution in [0.15, 0.2) is 24.3 Å². The van der Waals surface area contributed by atoms with E-state index >= 15 is 0 Å². The maximum Gasteiger partial charge on any atom is 0.405 e. The first-order valence-electron chi connectivity index (χ1n) is 5.73. The molecule has 116 valence electrons. The second-order valence-corrected chi connectivity index (χ2v) is 4.55. The normalized spacial score (nSPS) is 11.0. The minimum Gasteiger partial charge on any atom is -0.480 e. The molecule has 0 heterocycles. The third kappa shape index (κ3) is 6.84. The Kier molecular flexibility index (Phi) is 5.83. The van der Waals surface area contributed by atoms with Crippen LogP contribution >= 0.6 is 11.6 Å². The van der Waals surface area contributed by atoms with Gasteiger partial charge in [-0.05, 0) is 24.3 Å². The van der Waals surface area contributed by atoms with Gasteiger partial charge in [-0.3, -0.25) is 9.59 Å². The van der Waals surface area contributed by atoms with Crippen molar-refractivity contribution in [2.24, 2.45) is 0 Å². The third-order valence-electron chi connectivity index (χ3n) is 2.34. The molecule has 2 N–H and O–H groups in total. The van der Waals surface area contributed by atoms with Crippen LogP contribution in [-0.2, 0) is 9.59 Å². The molecule has 0 fully saturated rings. The van der Waals surface area contributed by atoms with Crippen molar-refractivity contribution < 1.29 is 27.9 Å². The highest BCUT2D eigenvalue weighted by Crippen LogP contribution is 2.18. The topological polar surface area (TPSA) is 69.6 Å². The Bertz CT molecular complexity index is 505. The molecular weight excluding hydrogens is 313 g/mol. The molecule has 0 aromatic heterocycles. The molecule has 0 radical (unpaired) electrons. The van der Waals surface area contributed by atoms with Crippen LogP contribution in [0.1, 0.15) is 0 Å². The van der Waals surface area contributed by atoms with Crippen molar-refractivity contribution in [3.05, 3.63) is 29.3 Å². The number of carbonyl (C=O) groups excluding carboxylic acids is 1. The predicted molar refractivity (Wildman–Crippen MR) is 70.4 cm³/mol. The van der Waals surface area contributed by atoms with Crippen LogP contribution in [0.2, 0.25) is 5.02 Å². The molecule has 0 saturated heterocycles. The Hall–Kier alpha value is -1.96. The zero-order valence-corrected chi connectivity index (χ0v) is 11.4. The molecule has 0 aliphatic carbocycles. The quantitative estimate of drug-likeness (QED) is 0.838. The predicted octanol–water partition coefficient (Wildman–Crippen LogP) is 1.91. The van der Waals surface area contributed by atoms with E-state index in [1.54, 1.807) is 5.32 Å². The zero-order valence-electron chi connectivity index (χ0n) is 10.7. The lowest BCUT2D eigenvalue weighted by atomic mass is 10.2. The molecule has 0 unspecified atom stereocenters. The number of benzene rings is 1. The number of alkyl halides is 3. The highest BCUT2D eigenvalue weighted by molar-refractivity contribution is 6.30. The number of anilines is 1. The average Bonchev–Trinajstić information content (AvgIpc) is 2.35. The van der Waals surface area contributed by atoms with Crippen molar-refractivity contribution in [3.8, 4) is 0 Å². The Morgan fingerprint density at radius 2 is 1.76 bits per heavy atom. The Morgan fingerprint density at radius 3 is 2.24 bits per heavy atom. The number of amides is 1. The van der Waals surface area contributed by atoms with Gasteiger partial charge in [-0.15, -0.1) is 0 Å². The largest absolute Gasteiger partial charge is 0.480 e. The van der Waals surface area contributed by atoms with Crippen molar-refractivity contribution in [1.29, 1.82) is 0 Å². The van der Waals surface area contributed by atoms with E-state index in [1.165, 1.54) is 24.3 Å². The molecule has 1 amide bonds. The number of hydrogen-bond donors (Lipinski definition) is 2. The van der Waals surface area contributed by atoms with E-state index in [1.807, 2.05) is 0 Å². The Balaban J connectivity index is 2.72. The second-order valence-electron chi connectivity index (χ2n) is 4.12. The Labute approximate surface area is 123 Å². The Morgan fingerprint density at radius 1 is 1.19 bits per heavy atom. The highest BCUT2D eigenvalue weighted by atomic mass is 35.5. The van der Waals surface area contributed by atoms with Gasteiger partial charge >= 0.3 is 12.1 Å².